The molecule has 1 spiro atoms. The first kappa shape index (κ1) is 29.2. The molecule has 4 saturated carbocycles. The van der Waals surface area contributed by atoms with E-state index >= 15 is 0 Å². The quantitative estimate of drug-likeness (QED) is 0.418. The van der Waals surface area contributed by atoms with E-state index in [2.05, 4.69) is 43.6 Å². The summed E-state index contributed by atoms with van der Waals surface area (Å²) in [4.78, 5) is 27.9. The third-order valence-corrected chi connectivity index (χ3v) is 15.6. The fourth-order valence-corrected chi connectivity index (χ4v) is 13.2. The van der Waals surface area contributed by atoms with E-state index in [4.69, 9.17) is 4.74 Å². The smallest absolute Gasteiger partial charge is 0.232 e. The summed E-state index contributed by atoms with van der Waals surface area (Å²) in [6, 6.07) is 0.230. The lowest BCUT2D eigenvalue weighted by Gasteiger charge is -2.61. The number of fused-ring (bicyclic) bond motifs is 8. The molecule has 3 N–H and O–H groups in total. The summed E-state index contributed by atoms with van der Waals surface area (Å²) in [6.45, 7) is 14.9. The van der Waals surface area contributed by atoms with Crippen LogP contribution in [0.15, 0.2) is 0 Å². The molecule has 4 aliphatic heterocycles. The molecule has 8 rings (SSSR count). The number of nitrogens with one attached hydrogen (secondary N) is 3. The molecule has 43 heavy (non-hydrogen) atoms. The highest BCUT2D eigenvalue weighted by Crippen LogP contribution is 2.71. The van der Waals surface area contributed by atoms with Gasteiger partial charge in [0.2, 0.25) is 11.8 Å². The van der Waals surface area contributed by atoms with Gasteiger partial charge in [-0.2, -0.15) is 0 Å². The van der Waals surface area contributed by atoms with Crippen LogP contribution >= 0.6 is 0 Å². The van der Waals surface area contributed by atoms with Crippen molar-refractivity contribution in [3.05, 3.63) is 0 Å². The number of carbonyl (C=O) groups is 2. The van der Waals surface area contributed by atoms with Crippen molar-refractivity contribution in [2.75, 3.05) is 32.7 Å². The van der Waals surface area contributed by atoms with Gasteiger partial charge in [-0.3, -0.25) is 14.9 Å². The van der Waals surface area contributed by atoms with Crippen LogP contribution in [0.4, 0.5) is 0 Å². The molecule has 4 aliphatic carbocycles. The predicted molar refractivity (Wildman–Crippen MR) is 167 cm³/mol. The highest BCUT2D eigenvalue weighted by molar-refractivity contribution is 5.97. The largest absolute Gasteiger partial charge is 0.357 e. The fourth-order valence-electron chi connectivity index (χ4n) is 13.2. The van der Waals surface area contributed by atoms with Crippen LogP contribution in [-0.4, -0.2) is 67.3 Å². The van der Waals surface area contributed by atoms with E-state index in [9.17, 15) is 9.59 Å². The first-order chi connectivity index (χ1) is 20.6. The number of nitrogens with zero attached hydrogens (tertiary/aromatic N) is 1. The van der Waals surface area contributed by atoms with Crippen molar-refractivity contribution in [2.24, 2.45) is 64.1 Å². The second-order valence-corrected chi connectivity index (χ2v) is 17.5. The van der Waals surface area contributed by atoms with E-state index < -0.39 is 0 Å². The van der Waals surface area contributed by atoms with Gasteiger partial charge >= 0.3 is 0 Å². The molecule has 2 amide bonds. The maximum absolute atomic E-state index is 13.0. The second kappa shape index (κ2) is 10.4. The van der Waals surface area contributed by atoms with Crippen LogP contribution in [0.3, 0.4) is 0 Å². The fraction of sp³-hybridized carbons (Fsp3) is 0.944. The first-order valence-electron chi connectivity index (χ1n) is 18.3. The normalized spacial score (nSPS) is 53.6. The van der Waals surface area contributed by atoms with Crippen molar-refractivity contribution in [3.8, 4) is 0 Å². The lowest BCUT2D eigenvalue weighted by Crippen LogP contribution is -2.58. The topological polar surface area (TPSA) is 82.7 Å². The molecule has 0 aromatic carbocycles. The summed E-state index contributed by atoms with van der Waals surface area (Å²) in [7, 11) is 0. The van der Waals surface area contributed by atoms with Crippen LogP contribution < -0.4 is 16.0 Å². The zero-order valence-electron chi connectivity index (χ0n) is 27.3. The highest BCUT2D eigenvalue weighted by Gasteiger charge is 2.68. The van der Waals surface area contributed by atoms with Gasteiger partial charge in [0.15, 0.2) is 0 Å². The Morgan fingerprint density at radius 3 is 2.40 bits per heavy atom. The third kappa shape index (κ3) is 4.51. The third-order valence-electron chi connectivity index (χ3n) is 15.6. The lowest BCUT2D eigenvalue weighted by molar-refractivity contribution is -0.138. The van der Waals surface area contributed by atoms with E-state index in [0.29, 0.717) is 46.5 Å². The van der Waals surface area contributed by atoms with Gasteiger partial charge in [0.1, 0.15) is 12.1 Å². The van der Waals surface area contributed by atoms with E-state index in [0.717, 1.165) is 69.2 Å². The van der Waals surface area contributed by atoms with Crippen LogP contribution in [0, 0.1) is 64.1 Å². The van der Waals surface area contributed by atoms with Crippen molar-refractivity contribution in [1.82, 2.24) is 20.9 Å². The van der Waals surface area contributed by atoms with Crippen molar-refractivity contribution in [1.29, 1.82) is 0 Å². The van der Waals surface area contributed by atoms with Crippen LogP contribution in [0.25, 0.3) is 0 Å². The molecule has 14 atom stereocenters. The minimum atomic E-state index is -0.0747. The summed E-state index contributed by atoms with van der Waals surface area (Å²) in [6.07, 6.45) is 13.0. The molecule has 0 bridgehead atoms. The number of carbonyl (C=O) groups excluding carboxylic acids is 2. The van der Waals surface area contributed by atoms with Crippen LogP contribution in [0.1, 0.15) is 98.3 Å². The number of hydrogen-bond donors (Lipinski definition) is 3. The molecule has 8 fully saturated rings. The Hall–Kier alpha value is -1.18. The molecule has 2 unspecified atom stereocenters. The van der Waals surface area contributed by atoms with Crippen LogP contribution in [-0.2, 0) is 14.3 Å². The van der Waals surface area contributed by atoms with Gasteiger partial charge in [0.25, 0.3) is 0 Å². The van der Waals surface area contributed by atoms with Gasteiger partial charge in [0.05, 0.1) is 6.10 Å². The first-order valence-corrected chi connectivity index (χ1v) is 18.3. The summed E-state index contributed by atoms with van der Waals surface area (Å²) >= 11 is 0. The lowest BCUT2D eigenvalue weighted by atomic mass is 9.44. The molecule has 0 radical (unpaired) electrons. The Morgan fingerprint density at radius 2 is 1.65 bits per heavy atom. The Morgan fingerprint density at radius 1 is 0.884 bits per heavy atom. The van der Waals surface area contributed by atoms with E-state index in [1.807, 2.05) is 4.90 Å². The van der Waals surface area contributed by atoms with Gasteiger partial charge in [-0.1, -0.05) is 27.7 Å². The van der Waals surface area contributed by atoms with Crippen LogP contribution in [0.2, 0.25) is 0 Å². The molecule has 7 heteroatoms. The van der Waals surface area contributed by atoms with Crippen molar-refractivity contribution in [3.63, 3.8) is 0 Å². The number of amides is 2. The molecule has 7 nitrogen and oxygen atoms in total. The Balaban J connectivity index is 0.888. The standard InChI is InChI=1S/C36H58N4O3/c1-21-7-12-36(38-16-21)22(2)33-30(43-36)14-29-27-6-5-25-13-26(8-10-34(25,3)28(27)9-11-35(29,33)4)39-31(41)15-32(42)40-19-23-17-37-18-24(23)20-40/h21-30,33,37-38H,5-20H2,1-4H3,(H,39,41)/t21-,22+,23?,24?,25-,26+,27-,28+,29+,30+,33+,34+,35+,36-/m1/s1. The average molecular weight is 595 g/mol. The Kier molecular flexibility index (Phi) is 7.08. The maximum Gasteiger partial charge on any atom is 0.232 e. The van der Waals surface area contributed by atoms with Gasteiger partial charge in [-0.25, -0.2) is 0 Å². The number of hydrogen-bond acceptors (Lipinski definition) is 5. The summed E-state index contributed by atoms with van der Waals surface area (Å²) in [5.74, 6) is 6.28. The number of likely N-dealkylation sites (tertiary alicyclic amines) is 1. The maximum atomic E-state index is 13.0. The van der Waals surface area contributed by atoms with Crippen LogP contribution in [0.5, 0.6) is 0 Å². The molecular formula is C36H58N4O3. The van der Waals surface area contributed by atoms with Gasteiger partial charge in [0, 0.05) is 44.7 Å². The Labute approximate surface area is 259 Å². The molecule has 0 aromatic heterocycles. The number of piperidine rings is 1. The minimum Gasteiger partial charge on any atom is -0.357 e. The summed E-state index contributed by atoms with van der Waals surface area (Å²) < 4.78 is 7.09. The van der Waals surface area contributed by atoms with Crippen molar-refractivity contribution >= 4 is 11.8 Å². The number of rotatable bonds is 3. The summed E-state index contributed by atoms with van der Waals surface area (Å²) in [5.41, 5.74) is 0.717. The van der Waals surface area contributed by atoms with E-state index in [1.165, 1.54) is 51.4 Å². The average Bonchev–Trinajstić information content (AvgIpc) is 3.71. The van der Waals surface area contributed by atoms with Crippen molar-refractivity contribution in [2.45, 2.75) is 116 Å². The molecule has 8 aliphatic rings. The highest BCUT2D eigenvalue weighted by atomic mass is 16.5. The predicted octanol–water partition coefficient (Wildman–Crippen LogP) is 4.56. The molecule has 4 saturated heterocycles. The number of ether oxygens (including phenoxy) is 1. The van der Waals surface area contributed by atoms with E-state index in [1.54, 1.807) is 0 Å². The molecule has 0 aromatic rings. The monoisotopic (exact) mass is 594 g/mol. The van der Waals surface area contributed by atoms with Gasteiger partial charge in [-0.15, -0.1) is 0 Å². The summed E-state index contributed by atoms with van der Waals surface area (Å²) in [5, 5.41) is 10.7. The van der Waals surface area contributed by atoms with E-state index in [-0.39, 0.29) is 30.0 Å². The molecular weight excluding hydrogens is 536 g/mol. The zero-order chi connectivity index (χ0) is 29.7. The zero-order valence-corrected chi connectivity index (χ0v) is 27.3. The SMILES string of the molecule is C[C@@H]1CC[C@@]2(NC1)O[C@H]1C[C@H]3[C@@H]4CC[C@@H]5C[C@@H](NC(=O)CC(=O)N6CC7CNCC7C6)CC[C@]5(C)[C@H]4CC[C@]3(C)[C@H]1[C@@H]2C. The van der Waals surface area contributed by atoms with Gasteiger partial charge in [-0.05, 0) is 122 Å². The molecule has 4 heterocycles. The van der Waals surface area contributed by atoms with Gasteiger partial charge < -0.3 is 20.3 Å². The Bertz CT molecular complexity index is 1110. The van der Waals surface area contributed by atoms with Crippen molar-refractivity contribution < 1.29 is 14.3 Å². The molecule has 240 valence electrons. The minimum absolute atomic E-state index is 0.0227. The second-order valence-electron chi connectivity index (χ2n) is 17.5.